The molecule has 0 spiro atoms. The van der Waals surface area contributed by atoms with Crippen molar-refractivity contribution in [2.45, 2.75) is 32.1 Å². The fourth-order valence-electron chi connectivity index (χ4n) is 4.25. The summed E-state index contributed by atoms with van der Waals surface area (Å²) in [6.07, 6.45) is 7.83. The summed E-state index contributed by atoms with van der Waals surface area (Å²) < 4.78 is 0. The highest BCUT2D eigenvalue weighted by Crippen LogP contribution is 2.39. The van der Waals surface area contributed by atoms with Crippen LogP contribution in [0.15, 0.2) is 48.8 Å². The molecular weight excluding hydrogens is 338 g/mol. The number of benzene rings is 1. The first-order chi connectivity index (χ1) is 13.1. The Morgan fingerprint density at radius 2 is 2.00 bits per heavy atom. The number of nitrogens with two attached hydrogens (primary N) is 1. The third kappa shape index (κ3) is 3.34. The van der Waals surface area contributed by atoms with Crippen molar-refractivity contribution in [1.29, 1.82) is 0 Å². The van der Waals surface area contributed by atoms with Gasteiger partial charge < -0.3 is 10.6 Å². The average molecular weight is 363 g/mol. The van der Waals surface area contributed by atoms with Crippen molar-refractivity contribution in [3.63, 3.8) is 0 Å². The molecule has 0 unspecified atom stereocenters. The molecule has 2 aromatic rings. The highest BCUT2D eigenvalue weighted by Gasteiger charge is 2.46. The molecule has 5 nitrogen and oxygen atoms in total. The summed E-state index contributed by atoms with van der Waals surface area (Å²) >= 11 is 0. The molecule has 2 aliphatic rings. The van der Waals surface area contributed by atoms with Crippen molar-refractivity contribution in [1.82, 2.24) is 9.88 Å². The molecule has 5 heteroatoms. The van der Waals surface area contributed by atoms with Crippen molar-refractivity contribution >= 4 is 11.8 Å². The summed E-state index contributed by atoms with van der Waals surface area (Å²) in [5.41, 5.74) is 8.33. The highest BCUT2D eigenvalue weighted by atomic mass is 16.2. The van der Waals surface area contributed by atoms with E-state index < -0.39 is 5.41 Å². The van der Waals surface area contributed by atoms with Crippen LogP contribution in [0, 0.1) is 11.3 Å². The smallest absolute Gasteiger partial charge is 0.225 e. The minimum absolute atomic E-state index is 0.149. The summed E-state index contributed by atoms with van der Waals surface area (Å²) in [5, 5.41) is 0. The van der Waals surface area contributed by atoms with E-state index in [1.165, 1.54) is 0 Å². The van der Waals surface area contributed by atoms with Crippen LogP contribution in [0.1, 0.15) is 31.2 Å². The van der Waals surface area contributed by atoms with E-state index >= 15 is 0 Å². The van der Waals surface area contributed by atoms with E-state index in [1.807, 2.05) is 47.5 Å². The normalized spacial score (nSPS) is 22.4. The van der Waals surface area contributed by atoms with E-state index in [0.717, 1.165) is 36.0 Å². The number of hydrogen-bond acceptors (Lipinski definition) is 3. The lowest BCUT2D eigenvalue weighted by Gasteiger charge is -2.31. The maximum absolute atomic E-state index is 12.6. The predicted molar refractivity (Wildman–Crippen MR) is 104 cm³/mol. The van der Waals surface area contributed by atoms with Crippen LogP contribution in [-0.4, -0.2) is 34.8 Å². The molecule has 27 heavy (non-hydrogen) atoms. The van der Waals surface area contributed by atoms with Gasteiger partial charge in [-0.15, -0.1) is 0 Å². The molecule has 2 N–H and O–H groups in total. The number of likely N-dealkylation sites (tertiary alicyclic amines) is 1. The lowest BCUT2D eigenvalue weighted by atomic mass is 9.78. The van der Waals surface area contributed by atoms with Crippen LogP contribution in [0.4, 0.5) is 0 Å². The first kappa shape index (κ1) is 17.7. The molecule has 2 fully saturated rings. The minimum Gasteiger partial charge on any atom is -0.369 e. The molecule has 1 aliphatic heterocycles. The molecule has 4 rings (SSSR count). The quantitative estimate of drug-likeness (QED) is 0.887. The first-order valence-corrected chi connectivity index (χ1v) is 9.66. The van der Waals surface area contributed by atoms with Crippen LogP contribution >= 0.6 is 0 Å². The second-order valence-corrected chi connectivity index (χ2v) is 7.86. The van der Waals surface area contributed by atoms with Gasteiger partial charge in [-0.3, -0.25) is 14.6 Å². The number of carbonyl (C=O) groups is 2. The van der Waals surface area contributed by atoms with Gasteiger partial charge in [-0.05, 0) is 42.9 Å². The van der Waals surface area contributed by atoms with Crippen LogP contribution in [0.2, 0.25) is 0 Å². The van der Waals surface area contributed by atoms with E-state index in [4.69, 9.17) is 5.73 Å². The van der Waals surface area contributed by atoms with Gasteiger partial charge in [0.2, 0.25) is 11.8 Å². The zero-order valence-electron chi connectivity index (χ0n) is 15.4. The second-order valence-electron chi connectivity index (χ2n) is 7.86. The van der Waals surface area contributed by atoms with Crippen molar-refractivity contribution in [2.75, 3.05) is 13.1 Å². The van der Waals surface area contributed by atoms with Gasteiger partial charge in [0.1, 0.15) is 0 Å². The Labute approximate surface area is 159 Å². The zero-order chi connectivity index (χ0) is 18.9. The monoisotopic (exact) mass is 363 g/mol. The molecule has 1 aromatic carbocycles. The average Bonchev–Trinajstić information content (AvgIpc) is 3.07. The SMILES string of the molecule is NC(=O)[C@@]1(Cc2ccccc2-c2cccnc2)CCN(C(=O)C2CCC2)C1. The van der Waals surface area contributed by atoms with Crippen LogP contribution in [0.5, 0.6) is 0 Å². The number of carbonyl (C=O) groups excluding carboxylic acids is 2. The molecule has 140 valence electrons. The summed E-state index contributed by atoms with van der Waals surface area (Å²) in [4.78, 5) is 31.2. The van der Waals surface area contributed by atoms with Crippen LogP contribution in [0.3, 0.4) is 0 Å². The van der Waals surface area contributed by atoms with Crippen molar-refractivity contribution in [2.24, 2.45) is 17.1 Å². The molecule has 2 amide bonds. The molecule has 0 radical (unpaired) electrons. The first-order valence-electron chi connectivity index (χ1n) is 9.66. The summed E-state index contributed by atoms with van der Waals surface area (Å²) in [5.74, 6) is 0.0358. The Morgan fingerprint density at radius 1 is 1.19 bits per heavy atom. The van der Waals surface area contributed by atoms with Crippen LogP contribution < -0.4 is 5.73 Å². The molecule has 1 atom stereocenters. The van der Waals surface area contributed by atoms with Crippen molar-refractivity contribution in [3.8, 4) is 11.1 Å². The summed E-state index contributed by atoms with van der Waals surface area (Å²) in [6.45, 7) is 1.05. The lowest BCUT2D eigenvalue weighted by molar-refractivity contribution is -0.138. The molecule has 1 aliphatic carbocycles. The van der Waals surface area contributed by atoms with Crippen molar-refractivity contribution in [3.05, 3.63) is 54.4 Å². The van der Waals surface area contributed by atoms with Crippen molar-refractivity contribution < 1.29 is 9.59 Å². The third-order valence-electron chi connectivity index (χ3n) is 6.16. The van der Waals surface area contributed by atoms with Gasteiger partial charge in [0.05, 0.1) is 5.41 Å². The van der Waals surface area contributed by atoms with Gasteiger partial charge in [-0.2, -0.15) is 0 Å². The van der Waals surface area contributed by atoms with E-state index in [0.29, 0.717) is 25.9 Å². The van der Waals surface area contributed by atoms with E-state index in [1.54, 1.807) is 6.20 Å². The third-order valence-corrected chi connectivity index (χ3v) is 6.16. The molecule has 1 saturated carbocycles. The van der Waals surface area contributed by atoms with Gasteiger partial charge in [0, 0.05) is 37.0 Å². The number of hydrogen-bond donors (Lipinski definition) is 1. The maximum atomic E-state index is 12.6. The summed E-state index contributed by atoms with van der Waals surface area (Å²) in [7, 11) is 0. The van der Waals surface area contributed by atoms with E-state index in [-0.39, 0.29) is 17.7 Å². The molecule has 1 aromatic heterocycles. The molecular formula is C22H25N3O2. The van der Waals surface area contributed by atoms with Crippen LogP contribution in [0.25, 0.3) is 11.1 Å². The zero-order valence-corrected chi connectivity index (χ0v) is 15.4. The molecule has 2 heterocycles. The number of pyridine rings is 1. The fraction of sp³-hybridized carbons (Fsp3) is 0.409. The fourth-order valence-corrected chi connectivity index (χ4v) is 4.25. The highest BCUT2D eigenvalue weighted by molar-refractivity contribution is 5.85. The standard InChI is InChI=1S/C22H25N3O2/c23-21(27)22(10-12-25(15-22)20(26)16-6-3-7-16)13-17-5-1-2-9-19(17)18-8-4-11-24-14-18/h1-2,4-5,8-9,11,14,16H,3,6-7,10,12-13,15H2,(H2,23,27)/t22-/m1/s1. The maximum Gasteiger partial charge on any atom is 0.225 e. The van der Waals surface area contributed by atoms with E-state index in [2.05, 4.69) is 4.98 Å². The van der Waals surface area contributed by atoms with Gasteiger partial charge >= 0.3 is 0 Å². The number of rotatable bonds is 5. The molecule has 1 saturated heterocycles. The Bertz CT molecular complexity index is 848. The number of nitrogens with zero attached hydrogens (tertiary/aromatic N) is 2. The predicted octanol–water partition coefficient (Wildman–Crippen LogP) is 2.80. The topological polar surface area (TPSA) is 76.3 Å². The lowest BCUT2D eigenvalue weighted by Crippen LogP contribution is -2.44. The largest absolute Gasteiger partial charge is 0.369 e. The second kappa shape index (κ2) is 7.14. The summed E-state index contributed by atoms with van der Waals surface area (Å²) in [6, 6.07) is 12.0. The Morgan fingerprint density at radius 3 is 2.67 bits per heavy atom. The van der Waals surface area contributed by atoms with Gasteiger partial charge in [0.25, 0.3) is 0 Å². The number of primary amides is 1. The number of amides is 2. The Balaban J connectivity index is 1.60. The molecule has 0 bridgehead atoms. The van der Waals surface area contributed by atoms with E-state index in [9.17, 15) is 9.59 Å². The Hall–Kier alpha value is -2.69. The Kier molecular flexibility index (Phi) is 4.68. The van der Waals surface area contributed by atoms with Gasteiger partial charge in [-0.25, -0.2) is 0 Å². The minimum atomic E-state index is -0.697. The van der Waals surface area contributed by atoms with Crippen LogP contribution in [-0.2, 0) is 16.0 Å². The van der Waals surface area contributed by atoms with Gasteiger partial charge in [-0.1, -0.05) is 36.8 Å². The number of aromatic nitrogens is 1. The van der Waals surface area contributed by atoms with Gasteiger partial charge in [0.15, 0.2) is 0 Å².